The van der Waals surface area contributed by atoms with Crippen LogP contribution in [0.1, 0.15) is 22.7 Å². The number of carbonyl (C=O) groups excluding carboxylic acids is 1. The average molecular weight is 318 g/mol. The van der Waals surface area contributed by atoms with Crippen LogP contribution in [0.5, 0.6) is 0 Å². The van der Waals surface area contributed by atoms with Gasteiger partial charge >= 0.3 is 0 Å². The zero-order valence-corrected chi connectivity index (χ0v) is 13.3. The Morgan fingerprint density at radius 2 is 1.50 bits per heavy atom. The van der Waals surface area contributed by atoms with Crippen molar-refractivity contribution in [1.29, 1.82) is 0 Å². The highest BCUT2D eigenvalue weighted by molar-refractivity contribution is 5.77. The molecule has 0 unspecified atom stereocenters. The number of hydrogen-bond donors (Lipinski definition) is 2. The maximum absolute atomic E-state index is 11.6. The molecule has 1 amide bonds. The molecule has 2 aromatic carbocycles. The van der Waals surface area contributed by atoms with E-state index >= 15 is 0 Å². The minimum absolute atomic E-state index is 0.0493. The Kier molecular flexibility index (Phi) is 4.99. The number of rotatable bonds is 5. The molecule has 120 valence electrons. The Morgan fingerprint density at radius 3 is 2.04 bits per heavy atom. The maximum atomic E-state index is 11.6. The molecule has 0 aliphatic carbocycles. The lowest BCUT2D eigenvalue weighted by atomic mass is 9.98. The third kappa shape index (κ3) is 3.67. The van der Waals surface area contributed by atoms with Gasteiger partial charge in [0.1, 0.15) is 0 Å². The molecule has 0 radical (unpaired) electrons. The summed E-state index contributed by atoms with van der Waals surface area (Å²) in [5.74, 6) is 4.99. The number of benzene rings is 2. The topological polar surface area (TPSA) is 59.0 Å². The summed E-state index contributed by atoms with van der Waals surface area (Å²) in [4.78, 5) is 11.6. The van der Waals surface area contributed by atoms with Crippen LogP contribution >= 0.6 is 0 Å². The number of hydrazine groups is 1. The van der Waals surface area contributed by atoms with Crippen LogP contribution in [0.15, 0.2) is 85.2 Å². The number of amides is 1. The average Bonchev–Trinajstić information content (AvgIpc) is 2.64. The molecule has 1 heterocycles. The van der Waals surface area contributed by atoms with Crippen molar-refractivity contribution in [3.05, 3.63) is 102 Å². The van der Waals surface area contributed by atoms with E-state index in [1.54, 1.807) is 0 Å². The monoisotopic (exact) mass is 318 g/mol. The van der Waals surface area contributed by atoms with Gasteiger partial charge in [-0.25, -0.2) is 5.84 Å². The number of carbonyl (C=O) groups is 1. The van der Waals surface area contributed by atoms with Crippen LogP contribution in [0.4, 0.5) is 0 Å². The molecule has 0 aliphatic rings. The molecule has 0 bridgehead atoms. The van der Waals surface area contributed by atoms with Crippen molar-refractivity contribution >= 4 is 5.91 Å². The Balaban J connectivity index is 2.03. The fourth-order valence-electron chi connectivity index (χ4n) is 2.85. The van der Waals surface area contributed by atoms with Crippen LogP contribution in [-0.4, -0.2) is 5.91 Å². The molecular formula is C20H20N3O+. The van der Waals surface area contributed by atoms with E-state index < -0.39 is 0 Å². The Morgan fingerprint density at radius 1 is 0.917 bits per heavy atom. The van der Waals surface area contributed by atoms with Gasteiger partial charge in [-0.2, -0.15) is 4.57 Å². The van der Waals surface area contributed by atoms with Gasteiger partial charge in [-0.15, -0.1) is 0 Å². The summed E-state index contributed by atoms with van der Waals surface area (Å²) in [6.07, 6.45) is 4.28. The molecule has 4 heteroatoms. The highest BCUT2D eigenvalue weighted by Crippen LogP contribution is 2.21. The Labute approximate surface area is 141 Å². The quantitative estimate of drug-likeness (QED) is 0.328. The van der Waals surface area contributed by atoms with Crippen molar-refractivity contribution in [2.75, 3.05) is 0 Å². The van der Waals surface area contributed by atoms with E-state index in [1.807, 2.05) is 60.9 Å². The van der Waals surface area contributed by atoms with Gasteiger partial charge in [0.25, 0.3) is 0 Å². The van der Waals surface area contributed by atoms with Gasteiger partial charge in [0, 0.05) is 22.8 Å². The van der Waals surface area contributed by atoms with Gasteiger partial charge < -0.3 is 0 Å². The lowest BCUT2D eigenvalue weighted by Gasteiger charge is -2.14. The molecular weight excluding hydrogens is 298 g/mol. The van der Waals surface area contributed by atoms with Crippen molar-refractivity contribution in [3.8, 4) is 0 Å². The summed E-state index contributed by atoms with van der Waals surface area (Å²) < 4.78 is 2.13. The second-order valence-electron chi connectivity index (χ2n) is 5.63. The van der Waals surface area contributed by atoms with Crippen LogP contribution in [0.25, 0.3) is 0 Å². The standard InChI is InChI=1S/C20H19N3O/c21-22-19(24)14-16-8-7-13-23(15-16)20(17-9-3-1-4-10-17)18-11-5-2-6-12-18/h1-13,15,20H,14,21H2/p+1. The van der Waals surface area contributed by atoms with E-state index in [9.17, 15) is 4.79 Å². The van der Waals surface area contributed by atoms with E-state index in [0.717, 1.165) is 5.56 Å². The van der Waals surface area contributed by atoms with E-state index in [-0.39, 0.29) is 18.4 Å². The fourth-order valence-corrected chi connectivity index (χ4v) is 2.85. The minimum atomic E-state index is -0.205. The van der Waals surface area contributed by atoms with Gasteiger partial charge in [-0.1, -0.05) is 60.7 Å². The zero-order valence-electron chi connectivity index (χ0n) is 13.3. The highest BCUT2D eigenvalue weighted by Gasteiger charge is 2.23. The van der Waals surface area contributed by atoms with Crippen LogP contribution in [0, 0.1) is 0 Å². The Bertz CT molecular complexity index is 764. The summed E-state index contributed by atoms with van der Waals surface area (Å²) in [6, 6.07) is 24.6. The second-order valence-corrected chi connectivity index (χ2v) is 5.63. The SMILES string of the molecule is NNC(=O)Cc1ccc[n+](C(c2ccccc2)c2ccccc2)c1. The number of nitrogens with one attached hydrogen (secondary N) is 1. The third-order valence-electron chi connectivity index (χ3n) is 3.94. The van der Waals surface area contributed by atoms with Gasteiger partial charge in [-0.3, -0.25) is 10.2 Å². The maximum Gasteiger partial charge on any atom is 0.238 e. The molecule has 3 aromatic rings. The van der Waals surface area contributed by atoms with E-state index in [1.165, 1.54) is 11.1 Å². The molecule has 4 nitrogen and oxygen atoms in total. The van der Waals surface area contributed by atoms with Crippen LogP contribution < -0.4 is 15.8 Å². The van der Waals surface area contributed by atoms with Crippen molar-refractivity contribution in [1.82, 2.24) is 5.43 Å². The van der Waals surface area contributed by atoms with Crippen molar-refractivity contribution < 1.29 is 9.36 Å². The first-order valence-electron chi connectivity index (χ1n) is 7.87. The summed E-state index contributed by atoms with van der Waals surface area (Å²) in [5, 5.41) is 0. The molecule has 3 N–H and O–H groups in total. The lowest BCUT2D eigenvalue weighted by molar-refractivity contribution is -0.705. The first-order valence-corrected chi connectivity index (χ1v) is 7.87. The van der Waals surface area contributed by atoms with Crippen molar-refractivity contribution in [3.63, 3.8) is 0 Å². The molecule has 3 rings (SSSR count). The van der Waals surface area contributed by atoms with E-state index in [2.05, 4.69) is 34.3 Å². The summed E-state index contributed by atoms with van der Waals surface area (Å²) in [6.45, 7) is 0. The third-order valence-corrected chi connectivity index (χ3v) is 3.94. The summed E-state index contributed by atoms with van der Waals surface area (Å²) >= 11 is 0. The zero-order chi connectivity index (χ0) is 16.8. The van der Waals surface area contributed by atoms with Gasteiger partial charge in [-0.05, 0) is 6.07 Å². The number of hydrogen-bond acceptors (Lipinski definition) is 2. The molecule has 0 saturated carbocycles. The van der Waals surface area contributed by atoms with Crippen LogP contribution in [-0.2, 0) is 11.2 Å². The summed E-state index contributed by atoms with van der Waals surface area (Å²) in [5.41, 5.74) is 5.47. The summed E-state index contributed by atoms with van der Waals surface area (Å²) in [7, 11) is 0. The molecule has 0 atom stereocenters. The lowest BCUT2D eigenvalue weighted by Crippen LogP contribution is -2.41. The predicted molar refractivity (Wildman–Crippen MR) is 92.8 cm³/mol. The molecule has 1 aromatic heterocycles. The van der Waals surface area contributed by atoms with Gasteiger partial charge in [0.15, 0.2) is 12.4 Å². The van der Waals surface area contributed by atoms with Gasteiger partial charge in [0.2, 0.25) is 11.9 Å². The van der Waals surface area contributed by atoms with E-state index in [4.69, 9.17) is 5.84 Å². The highest BCUT2D eigenvalue weighted by atomic mass is 16.2. The van der Waals surface area contributed by atoms with Crippen molar-refractivity contribution in [2.45, 2.75) is 12.5 Å². The predicted octanol–water partition coefficient (Wildman–Crippen LogP) is 2.14. The van der Waals surface area contributed by atoms with Crippen LogP contribution in [0.3, 0.4) is 0 Å². The molecule has 0 fully saturated rings. The number of nitrogens with zero attached hydrogens (tertiary/aromatic N) is 1. The van der Waals surface area contributed by atoms with Gasteiger partial charge in [0.05, 0.1) is 6.42 Å². The fraction of sp³-hybridized carbons (Fsp3) is 0.100. The minimum Gasteiger partial charge on any atom is -0.294 e. The number of aromatic nitrogens is 1. The molecule has 0 aliphatic heterocycles. The Hall–Kier alpha value is -2.98. The van der Waals surface area contributed by atoms with E-state index in [0.29, 0.717) is 0 Å². The molecule has 0 saturated heterocycles. The number of pyridine rings is 1. The second kappa shape index (κ2) is 7.53. The smallest absolute Gasteiger partial charge is 0.238 e. The first kappa shape index (κ1) is 15.9. The normalized spacial score (nSPS) is 10.6. The number of nitrogens with two attached hydrogens (primary N) is 1. The van der Waals surface area contributed by atoms with Crippen molar-refractivity contribution in [2.24, 2.45) is 5.84 Å². The first-order chi connectivity index (χ1) is 11.8. The van der Waals surface area contributed by atoms with Crippen LogP contribution in [0.2, 0.25) is 0 Å². The molecule has 24 heavy (non-hydrogen) atoms. The molecule has 0 spiro atoms. The largest absolute Gasteiger partial charge is 0.294 e.